The summed E-state index contributed by atoms with van der Waals surface area (Å²) in [5.74, 6) is -0.135. The third kappa shape index (κ3) is 4.72. The van der Waals surface area contributed by atoms with Gasteiger partial charge in [0.25, 0.3) is 0 Å². The predicted molar refractivity (Wildman–Crippen MR) is 149 cm³/mol. The van der Waals surface area contributed by atoms with E-state index >= 15 is 0 Å². The fraction of sp³-hybridized carbons (Fsp3) is 0.276. The molecule has 2 N–H and O–H groups in total. The summed E-state index contributed by atoms with van der Waals surface area (Å²) in [4.78, 5) is 24.6. The lowest BCUT2D eigenvalue weighted by Crippen LogP contribution is -2.53. The van der Waals surface area contributed by atoms with Crippen molar-refractivity contribution >= 4 is 33.9 Å². The summed E-state index contributed by atoms with van der Waals surface area (Å²) in [7, 11) is 2.09. The summed E-state index contributed by atoms with van der Waals surface area (Å²) < 4.78 is 27.8. The molecule has 4 aromatic heterocycles. The van der Waals surface area contributed by atoms with Crippen LogP contribution in [0.5, 0.6) is 0 Å². The van der Waals surface area contributed by atoms with E-state index in [9.17, 15) is 8.78 Å². The maximum atomic E-state index is 14.2. The molecule has 0 spiro atoms. The van der Waals surface area contributed by atoms with Crippen molar-refractivity contribution in [2.75, 3.05) is 30.4 Å². The lowest BCUT2D eigenvalue weighted by atomic mass is 9.79. The van der Waals surface area contributed by atoms with Crippen molar-refractivity contribution in [3.63, 3.8) is 0 Å². The highest BCUT2D eigenvalue weighted by Crippen LogP contribution is 2.39. The minimum Gasteiger partial charge on any atom is -0.355 e. The van der Waals surface area contributed by atoms with Gasteiger partial charge in [-0.05, 0) is 48.2 Å². The molecule has 4 aromatic rings. The van der Waals surface area contributed by atoms with E-state index in [1.807, 2.05) is 12.3 Å². The molecule has 2 aliphatic rings. The lowest BCUT2D eigenvalue weighted by Gasteiger charge is -2.45. The molecule has 198 valence electrons. The number of pyridine rings is 3. The monoisotopic (exact) mass is 526 g/mol. The minimum atomic E-state index is -0.791. The molecule has 1 unspecified atom stereocenters. The Bertz CT molecular complexity index is 1630. The number of piperidine rings is 1. The van der Waals surface area contributed by atoms with Gasteiger partial charge in [0.05, 0.1) is 17.1 Å². The minimum absolute atomic E-state index is 0.0169. The fourth-order valence-corrected chi connectivity index (χ4v) is 5.33. The molecule has 39 heavy (non-hydrogen) atoms. The highest BCUT2D eigenvalue weighted by molar-refractivity contribution is 6.02. The van der Waals surface area contributed by atoms with Crippen LogP contribution in [0, 0.1) is 17.2 Å². The van der Waals surface area contributed by atoms with Crippen molar-refractivity contribution in [3.8, 4) is 11.4 Å². The number of aromatic nitrogens is 5. The van der Waals surface area contributed by atoms with E-state index < -0.39 is 11.8 Å². The van der Waals surface area contributed by atoms with E-state index in [1.165, 1.54) is 0 Å². The molecule has 6 rings (SSSR count). The number of hydrogen-bond donors (Lipinski definition) is 2. The highest BCUT2D eigenvalue weighted by Gasteiger charge is 2.36. The van der Waals surface area contributed by atoms with Crippen molar-refractivity contribution in [2.24, 2.45) is 5.41 Å². The molecule has 0 amide bonds. The molecule has 5 heterocycles. The Morgan fingerprint density at radius 1 is 1.10 bits per heavy atom. The Balaban J connectivity index is 1.47. The first-order valence-corrected chi connectivity index (χ1v) is 12.8. The summed E-state index contributed by atoms with van der Waals surface area (Å²) in [6.07, 6.45) is 12.3. The maximum absolute atomic E-state index is 14.2. The average molecular weight is 527 g/mol. The van der Waals surface area contributed by atoms with E-state index in [0.717, 1.165) is 59.5 Å². The Morgan fingerprint density at radius 2 is 1.95 bits per heavy atom. The lowest BCUT2D eigenvalue weighted by molar-refractivity contribution is 0.215. The molecule has 10 heteroatoms. The van der Waals surface area contributed by atoms with Crippen LogP contribution in [-0.2, 0) is 0 Å². The van der Waals surface area contributed by atoms with Crippen molar-refractivity contribution in [2.45, 2.75) is 26.3 Å². The molecule has 1 aliphatic heterocycles. The highest BCUT2D eigenvalue weighted by atomic mass is 19.1. The largest absolute Gasteiger partial charge is 0.355 e. The molecule has 0 saturated carbocycles. The van der Waals surface area contributed by atoms with Crippen LogP contribution in [0.3, 0.4) is 0 Å². The van der Waals surface area contributed by atoms with Crippen LogP contribution in [0.1, 0.15) is 25.8 Å². The van der Waals surface area contributed by atoms with E-state index in [4.69, 9.17) is 9.97 Å². The summed E-state index contributed by atoms with van der Waals surface area (Å²) in [5.41, 5.74) is 3.47. The van der Waals surface area contributed by atoms with Gasteiger partial charge in [0, 0.05) is 43.2 Å². The van der Waals surface area contributed by atoms with Gasteiger partial charge in [-0.2, -0.15) is 9.37 Å². The van der Waals surface area contributed by atoms with Crippen molar-refractivity contribution in [1.29, 1.82) is 0 Å². The van der Waals surface area contributed by atoms with Gasteiger partial charge in [-0.3, -0.25) is 4.98 Å². The summed E-state index contributed by atoms with van der Waals surface area (Å²) in [5, 5.41) is 7.22. The molecular formula is C29H28F2N8. The Hall–Kier alpha value is -4.31. The van der Waals surface area contributed by atoms with Crippen molar-refractivity contribution < 1.29 is 8.78 Å². The third-order valence-electron chi connectivity index (χ3n) is 7.41. The standard InChI is InChI=1S/C29H28F2N8/c1-29(2)16-32-11-10-22(29)39(3)28-25-19(17-5-4-6-17)14-33-15-21(25)35-26(38-28)18-9-12-34-24(13-18)37-27-20(30)7-8-23(31)36-27/h4-9,12-15,22,32H,10-11,16H2,1-3H3,(H,34,36,37). The zero-order chi connectivity index (χ0) is 27.1. The van der Waals surface area contributed by atoms with E-state index in [1.54, 1.807) is 24.5 Å². The fourth-order valence-electron chi connectivity index (χ4n) is 5.33. The van der Waals surface area contributed by atoms with Crippen LogP contribution in [0.2, 0.25) is 0 Å². The van der Waals surface area contributed by atoms with Gasteiger partial charge in [0.2, 0.25) is 5.95 Å². The molecule has 0 bridgehead atoms. The van der Waals surface area contributed by atoms with E-state index in [2.05, 4.69) is 63.5 Å². The van der Waals surface area contributed by atoms with Crippen LogP contribution in [0.15, 0.2) is 61.1 Å². The second-order valence-electron chi connectivity index (χ2n) is 10.5. The molecular weight excluding hydrogens is 498 g/mol. The van der Waals surface area contributed by atoms with Gasteiger partial charge < -0.3 is 15.5 Å². The van der Waals surface area contributed by atoms with Crippen LogP contribution in [0.4, 0.5) is 26.2 Å². The topological polar surface area (TPSA) is 91.8 Å². The quantitative estimate of drug-likeness (QED) is 0.328. The molecule has 1 fully saturated rings. The SMILES string of the molecule is CN(c1nc(-c2ccnc(Nc3nc(F)ccc3F)c2)nc2cncc(C3=CC=C3)c12)C1CCNCC1(C)C. The number of fused-ring (bicyclic) bond motifs is 1. The predicted octanol–water partition coefficient (Wildman–Crippen LogP) is 5.28. The van der Waals surface area contributed by atoms with Crippen LogP contribution >= 0.6 is 0 Å². The number of allylic oxidation sites excluding steroid dienone is 4. The third-order valence-corrected chi connectivity index (χ3v) is 7.41. The smallest absolute Gasteiger partial charge is 0.214 e. The number of rotatable bonds is 6. The van der Waals surface area contributed by atoms with Gasteiger partial charge in [0.1, 0.15) is 11.6 Å². The Labute approximate surface area is 225 Å². The zero-order valence-electron chi connectivity index (χ0n) is 21.9. The van der Waals surface area contributed by atoms with Gasteiger partial charge in [-0.15, -0.1) is 0 Å². The Morgan fingerprint density at radius 3 is 2.72 bits per heavy atom. The molecule has 0 radical (unpaired) electrons. The maximum Gasteiger partial charge on any atom is 0.214 e. The first kappa shape index (κ1) is 25.0. The molecule has 1 saturated heterocycles. The zero-order valence-corrected chi connectivity index (χ0v) is 21.9. The van der Waals surface area contributed by atoms with Gasteiger partial charge in [-0.25, -0.2) is 19.3 Å². The normalized spacial score (nSPS) is 18.0. The van der Waals surface area contributed by atoms with Gasteiger partial charge in [-0.1, -0.05) is 32.1 Å². The summed E-state index contributed by atoms with van der Waals surface area (Å²) >= 11 is 0. The first-order valence-electron chi connectivity index (χ1n) is 12.8. The summed E-state index contributed by atoms with van der Waals surface area (Å²) in [6, 6.07) is 5.71. The van der Waals surface area contributed by atoms with E-state index in [-0.39, 0.29) is 17.3 Å². The second kappa shape index (κ2) is 9.77. The Kier molecular flexibility index (Phi) is 6.26. The number of halogens is 2. The number of nitrogens with zero attached hydrogens (tertiary/aromatic N) is 6. The molecule has 8 nitrogen and oxygen atoms in total. The number of hydrogen-bond acceptors (Lipinski definition) is 8. The van der Waals surface area contributed by atoms with E-state index in [0.29, 0.717) is 17.2 Å². The average Bonchev–Trinajstić information content (AvgIpc) is 2.89. The van der Waals surface area contributed by atoms with Crippen LogP contribution in [-0.4, -0.2) is 51.1 Å². The second-order valence-corrected chi connectivity index (χ2v) is 10.5. The molecule has 1 aliphatic carbocycles. The number of nitrogens with one attached hydrogen (secondary N) is 2. The van der Waals surface area contributed by atoms with Crippen molar-refractivity contribution in [3.05, 3.63) is 78.4 Å². The van der Waals surface area contributed by atoms with Gasteiger partial charge in [0.15, 0.2) is 17.5 Å². The van der Waals surface area contributed by atoms with Crippen LogP contribution in [0.25, 0.3) is 27.9 Å². The van der Waals surface area contributed by atoms with Crippen LogP contribution < -0.4 is 15.5 Å². The molecule has 0 aromatic carbocycles. The molecule has 1 atom stereocenters. The summed E-state index contributed by atoms with van der Waals surface area (Å²) in [6.45, 7) is 6.38. The van der Waals surface area contributed by atoms with Gasteiger partial charge >= 0.3 is 0 Å². The van der Waals surface area contributed by atoms with Crippen molar-refractivity contribution in [1.82, 2.24) is 30.2 Å². The number of anilines is 3. The first-order chi connectivity index (χ1) is 18.8.